The van der Waals surface area contributed by atoms with E-state index in [9.17, 15) is 14.0 Å². The zero-order valence-electron chi connectivity index (χ0n) is 18.4. The second-order valence-electron chi connectivity index (χ2n) is 9.18. The van der Waals surface area contributed by atoms with Crippen LogP contribution in [0, 0.1) is 18.2 Å². The first-order chi connectivity index (χ1) is 15.9. The van der Waals surface area contributed by atoms with E-state index in [2.05, 4.69) is 10.3 Å². The number of fused-ring (bicyclic) bond motifs is 1. The SMILES string of the molecule is Cc1cc(N2CC[C@]3(CC[C@@H](NC(=O)c4ccc5ccccc5n4)CC3)C2=O)c(Cl)cc1F. The maximum atomic E-state index is 13.8. The molecule has 5 rings (SSSR count). The van der Waals surface area contributed by atoms with Crippen LogP contribution in [0.15, 0.2) is 48.5 Å². The number of hydrogen-bond acceptors (Lipinski definition) is 3. The molecule has 1 spiro atoms. The Kier molecular flexibility index (Phi) is 5.57. The Bertz CT molecular complexity index is 1250. The molecule has 1 aliphatic heterocycles. The van der Waals surface area contributed by atoms with Crippen molar-refractivity contribution in [2.45, 2.75) is 45.1 Å². The van der Waals surface area contributed by atoms with E-state index in [0.717, 1.165) is 30.2 Å². The van der Waals surface area contributed by atoms with Crippen LogP contribution in [0.3, 0.4) is 0 Å². The molecule has 170 valence electrons. The molecular weight excluding hydrogens is 441 g/mol. The number of aromatic nitrogens is 1. The second-order valence-corrected chi connectivity index (χ2v) is 9.58. The molecule has 7 heteroatoms. The molecule has 2 fully saturated rings. The molecular formula is C26H25ClFN3O2. The van der Waals surface area contributed by atoms with E-state index >= 15 is 0 Å². The van der Waals surface area contributed by atoms with E-state index in [-0.39, 0.29) is 28.7 Å². The lowest BCUT2D eigenvalue weighted by Gasteiger charge is -2.36. The van der Waals surface area contributed by atoms with Crippen LogP contribution in [0.5, 0.6) is 0 Å². The second kappa shape index (κ2) is 8.41. The highest BCUT2D eigenvalue weighted by molar-refractivity contribution is 6.34. The molecule has 2 aromatic carbocycles. The van der Waals surface area contributed by atoms with Crippen molar-refractivity contribution in [2.75, 3.05) is 11.4 Å². The molecule has 2 heterocycles. The van der Waals surface area contributed by atoms with Gasteiger partial charge in [-0.1, -0.05) is 35.9 Å². The van der Waals surface area contributed by atoms with Crippen LogP contribution in [0.25, 0.3) is 10.9 Å². The van der Waals surface area contributed by atoms with Crippen LogP contribution in [0.4, 0.5) is 10.1 Å². The van der Waals surface area contributed by atoms with Gasteiger partial charge in [0.15, 0.2) is 0 Å². The highest BCUT2D eigenvalue weighted by Gasteiger charge is 2.49. The molecule has 1 N–H and O–H groups in total. The number of para-hydroxylation sites is 1. The van der Waals surface area contributed by atoms with Gasteiger partial charge in [0.1, 0.15) is 11.5 Å². The van der Waals surface area contributed by atoms with Crippen molar-refractivity contribution >= 4 is 40.0 Å². The first-order valence-corrected chi connectivity index (χ1v) is 11.7. The van der Waals surface area contributed by atoms with E-state index in [4.69, 9.17) is 11.6 Å². The highest BCUT2D eigenvalue weighted by Crippen LogP contribution is 2.47. The molecule has 1 saturated carbocycles. The molecule has 0 atom stereocenters. The van der Waals surface area contributed by atoms with Crippen molar-refractivity contribution in [3.63, 3.8) is 0 Å². The number of carbonyl (C=O) groups excluding carboxylic acids is 2. The molecule has 0 unspecified atom stereocenters. The minimum absolute atomic E-state index is 0.00917. The normalized spacial score (nSPS) is 22.8. The first kappa shape index (κ1) is 21.8. The van der Waals surface area contributed by atoms with Gasteiger partial charge in [0.25, 0.3) is 5.91 Å². The van der Waals surface area contributed by atoms with Gasteiger partial charge in [-0.05, 0) is 68.9 Å². The fraction of sp³-hybridized carbons (Fsp3) is 0.346. The van der Waals surface area contributed by atoms with Crippen LogP contribution in [-0.2, 0) is 4.79 Å². The van der Waals surface area contributed by atoms with Gasteiger partial charge in [0.2, 0.25) is 5.91 Å². The third-order valence-electron chi connectivity index (χ3n) is 7.14. The van der Waals surface area contributed by atoms with Crippen LogP contribution in [0.1, 0.15) is 48.2 Å². The number of nitrogens with one attached hydrogen (secondary N) is 1. The largest absolute Gasteiger partial charge is 0.348 e. The number of rotatable bonds is 3. The number of pyridine rings is 1. The molecule has 0 radical (unpaired) electrons. The number of hydrogen-bond donors (Lipinski definition) is 1. The Morgan fingerprint density at radius 3 is 2.70 bits per heavy atom. The fourth-order valence-corrected chi connectivity index (χ4v) is 5.38. The summed E-state index contributed by atoms with van der Waals surface area (Å²) in [5.41, 5.74) is 1.80. The summed E-state index contributed by atoms with van der Waals surface area (Å²) in [7, 11) is 0. The van der Waals surface area contributed by atoms with E-state index in [0.29, 0.717) is 36.3 Å². The molecule has 3 aromatic rings. The van der Waals surface area contributed by atoms with E-state index in [1.54, 1.807) is 24.0 Å². The van der Waals surface area contributed by atoms with Crippen molar-refractivity contribution in [2.24, 2.45) is 5.41 Å². The summed E-state index contributed by atoms with van der Waals surface area (Å²) in [6.07, 6.45) is 3.61. The lowest BCUT2D eigenvalue weighted by atomic mass is 9.71. The van der Waals surface area contributed by atoms with Gasteiger partial charge in [-0.25, -0.2) is 9.37 Å². The average Bonchev–Trinajstić information content (AvgIpc) is 3.13. The van der Waals surface area contributed by atoms with Crippen molar-refractivity contribution in [3.8, 4) is 0 Å². The van der Waals surface area contributed by atoms with Crippen molar-refractivity contribution in [1.29, 1.82) is 0 Å². The van der Waals surface area contributed by atoms with Crippen LogP contribution < -0.4 is 10.2 Å². The van der Waals surface area contributed by atoms with Crippen LogP contribution in [0.2, 0.25) is 5.02 Å². The van der Waals surface area contributed by atoms with Gasteiger partial charge in [0.05, 0.1) is 21.6 Å². The molecule has 33 heavy (non-hydrogen) atoms. The monoisotopic (exact) mass is 465 g/mol. The van der Waals surface area contributed by atoms with Crippen molar-refractivity contribution < 1.29 is 14.0 Å². The zero-order chi connectivity index (χ0) is 23.2. The summed E-state index contributed by atoms with van der Waals surface area (Å²) < 4.78 is 13.8. The Morgan fingerprint density at radius 1 is 1.15 bits per heavy atom. The summed E-state index contributed by atoms with van der Waals surface area (Å²) >= 11 is 6.26. The Morgan fingerprint density at radius 2 is 1.91 bits per heavy atom. The van der Waals surface area contributed by atoms with Gasteiger partial charge in [-0.2, -0.15) is 0 Å². The van der Waals surface area contributed by atoms with Gasteiger partial charge in [0, 0.05) is 18.0 Å². The van der Waals surface area contributed by atoms with Gasteiger partial charge >= 0.3 is 0 Å². The van der Waals surface area contributed by atoms with Gasteiger partial charge < -0.3 is 10.2 Å². The number of benzene rings is 2. The fourth-order valence-electron chi connectivity index (χ4n) is 5.13. The third-order valence-corrected chi connectivity index (χ3v) is 7.44. The highest BCUT2D eigenvalue weighted by atomic mass is 35.5. The lowest BCUT2D eigenvalue weighted by molar-refractivity contribution is -0.127. The number of anilines is 1. The van der Waals surface area contributed by atoms with Crippen molar-refractivity contribution in [3.05, 3.63) is 70.6 Å². The quantitative estimate of drug-likeness (QED) is 0.561. The van der Waals surface area contributed by atoms with E-state index in [1.165, 1.54) is 6.07 Å². The smallest absolute Gasteiger partial charge is 0.270 e. The minimum Gasteiger partial charge on any atom is -0.348 e. The number of halogens is 2. The van der Waals surface area contributed by atoms with Crippen LogP contribution in [-0.4, -0.2) is 29.4 Å². The standard InChI is InChI=1S/C26H25ClFN3O2/c1-16-14-23(19(27)15-20(16)28)31-13-12-26(25(31)33)10-8-18(9-11-26)29-24(32)22-7-6-17-4-2-3-5-21(17)30-22/h2-7,14-15,18H,8-13H2,1H3,(H,29,32)/t18-,26-. The average molecular weight is 466 g/mol. The van der Waals surface area contributed by atoms with Crippen molar-refractivity contribution in [1.82, 2.24) is 10.3 Å². The molecule has 2 aliphatic rings. The van der Waals surface area contributed by atoms with Crippen LogP contribution >= 0.6 is 11.6 Å². The molecule has 5 nitrogen and oxygen atoms in total. The summed E-state index contributed by atoms with van der Waals surface area (Å²) in [5, 5.41) is 4.35. The third kappa shape index (κ3) is 3.97. The summed E-state index contributed by atoms with van der Waals surface area (Å²) in [4.78, 5) is 32.3. The minimum atomic E-state index is -0.436. The number of amides is 2. The molecule has 1 aliphatic carbocycles. The number of carbonyl (C=O) groups is 2. The first-order valence-electron chi connectivity index (χ1n) is 11.3. The summed E-state index contributed by atoms with van der Waals surface area (Å²) in [6, 6.07) is 14.3. The van der Waals surface area contributed by atoms with E-state index in [1.807, 2.05) is 30.3 Å². The van der Waals surface area contributed by atoms with Gasteiger partial charge in [-0.15, -0.1) is 0 Å². The molecule has 0 bridgehead atoms. The number of aryl methyl sites for hydroxylation is 1. The zero-order valence-corrected chi connectivity index (χ0v) is 19.2. The maximum absolute atomic E-state index is 13.8. The molecule has 2 amide bonds. The Hall–Kier alpha value is -2.99. The van der Waals surface area contributed by atoms with E-state index < -0.39 is 5.41 Å². The Balaban J connectivity index is 1.24. The maximum Gasteiger partial charge on any atom is 0.270 e. The summed E-state index contributed by atoms with van der Waals surface area (Å²) in [5.74, 6) is -0.506. The predicted molar refractivity (Wildman–Crippen MR) is 127 cm³/mol. The summed E-state index contributed by atoms with van der Waals surface area (Å²) in [6.45, 7) is 2.24. The topological polar surface area (TPSA) is 62.3 Å². The lowest BCUT2D eigenvalue weighted by Crippen LogP contribution is -2.44. The predicted octanol–water partition coefficient (Wildman–Crippen LogP) is 5.43. The molecule has 1 saturated heterocycles. The van der Waals surface area contributed by atoms with Gasteiger partial charge in [-0.3, -0.25) is 9.59 Å². The molecule has 1 aromatic heterocycles. The Labute approximate surface area is 196 Å². The number of nitrogens with zero attached hydrogens (tertiary/aromatic N) is 2.